The second-order valence-electron chi connectivity index (χ2n) is 8.38. The van der Waals surface area contributed by atoms with Crippen molar-refractivity contribution in [1.82, 2.24) is 19.8 Å². The summed E-state index contributed by atoms with van der Waals surface area (Å²) in [5, 5.41) is 0.776. The Kier molecular flexibility index (Phi) is 5.58. The molecule has 3 heterocycles. The molecule has 0 spiro atoms. The van der Waals surface area contributed by atoms with Crippen LogP contribution >= 0.6 is 23.1 Å². The van der Waals surface area contributed by atoms with E-state index in [-0.39, 0.29) is 23.3 Å². The first kappa shape index (κ1) is 20.1. The van der Waals surface area contributed by atoms with Gasteiger partial charge in [0.15, 0.2) is 0 Å². The molecule has 0 radical (unpaired) electrons. The summed E-state index contributed by atoms with van der Waals surface area (Å²) in [5.41, 5.74) is 1.15. The van der Waals surface area contributed by atoms with E-state index in [0.717, 1.165) is 42.3 Å². The van der Waals surface area contributed by atoms with Gasteiger partial charge in [-0.1, -0.05) is 0 Å². The summed E-state index contributed by atoms with van der Waals surface area (Å²) in [6.07, 6.45) is 6.39. The molecule has 1 saturated heterocycles. The van der Waals surface area contributed by atoms with E-state index in [9.17, 15) is 14.4 Å². The number of piperazine rings is 1. The van der Waals surface area contributed by atoms with Gasteiger partial charge in [0.25, 0.3) is 5.56 Å². The summed E-state index contributed by atoms with van der Waals surface area (Å²) in [6.45, 7) is 2.50. The van der Waals surface area contributed by atoms with Gasteiger partial charge in [-0.05, 0) is 44.1 Å². The van der Waals surface area contributed by atoms with E-state index < -0.39 is 0 Å². The molecule has 2 fully saturated rings. The summed E-state index contributed by atoms with van der Waals surface area (Å²) in [5.74, 6) is 2.11. The molecular weight excluding hydrogens is 420 g/mol. The molecule has 1 saturated carbocycles. The van der Waals surface area contributed by atoms with Crippen molar-refractivity contribution in [2.24, 2.45) is 5.92 Å². The maximum absolute atomic E-state index is 12.6. The first-order valence-electron chi connectivity index (χ1n) is 10.8. The quantitative estimate of drug-likeness (QED) is 0.761. The number of carbonyl (C=O) groups excluding carboxylic acids is 2. The lowest BCUT2D eigenvalue weighted by Crippen LogP contribution is -2.51. The van der Waals surface area contributed by atoms with Crippen LogP contribution in [-0.2, 0) is 28.2 Å². The fraction of sp³-hybridized carbons (Fsp3) is 0.619. The molecule has 5 rings (SSSR count). The number of rotatable bonds is 5. The summed E-state index contributed by atoms with van der Waals surface area (Å²) >= 11 is 3.13. The van der Waals surface area contributed by atoms with E-state index in [1.54, 1.807) is 11.3 Å². The lowest BCUT2D eigenvalue weighted by molar-refractivity contribution is -0.139. The topological polar surface area (TPSA) is 86.4 Å². The van der Waals surface area contributed by atoms with Crippen molar-refractivity contribution < 1.29 is 9.59 Å². The van der Waals surface area contributed by atoms with Gasteiger partial charge in [-0.2, -0.15) is 0 Å². The Morgan fingerprint density at radius 2 is 1.83 bits per heavy atom. The Balaban J connectivity index is 1.15. The number of nitrogens with zero attached hydrogens (tertiary/aromatic N) is 3. The molecule has 3 aliphatic rings. The monoisotopic (exact) mass is 446 g/mol. The number of aromatic amines is 1. The van der Waals surface area contributed by atoms with Crippen LogP contribution in [0.3, 0.4) is 0 Å². The molecule has 2 aromatic heterocycles. The number of carbonyl (C=O) groups is 2. The maximum Gasteiger partial charge on any atom is 0.259 e. The average molecular weight is 447 g/mol. The SMILES string of the molecule is O=C(CSCc1nc2sc3c(c2c(=O)[nH]1)CCCC3)N1CCN(C(=O)C2CC2)CC1. The zero-order valence-electron chi connectivity index (χ0n) is 16.9. The highest BCUT2D eigenvalue weighted by Crippen LogP contribution is 2.34. The third-order valence-corrected chi connectivity index (χ3v) is 8.32. The molecule has 2 amide bonds. The third kappa shape index (κ3) is 4.01. The summed E-state index contributed by atoms with van der Waals surface area (Å²) in [4.78, 5) is 50.8. The number of hydrogen-bond acceptors (Lipinski definition) is 6. The number of aromatic nitrogens is 2. The molecule has 1 N–H and O–H groups in total. The molecule has 7 nitrogen and oxygen atoms in total. The molecule has 30 heavy (non-hydrogen) atoms. The Morgan fingerprint density at radius 3 is 2.60 bits per heavy atom. The number of hydrogen-bond donors (Lipinski definition) is 1. The molecule has 160 valence electrons. The number of nitrogens with one attached hydrogen (secondary N) is 1. The molecule has 0 bridgehead atoms. The smallest absolute Gasteiger partial charge is 0.259 e. The van der Waals surface area contributed by atoms with Crippen molar-refractivity contribution >= 4 is 45.1 Å². The standard InChI is InChI=1S/C21H26N4O3S2/c26-17(24-7-9-25(10-8-24)21(28)13-5-6-13)12-29-11-16-22-19(27)18-14-3-1-2-4-15(14)30-20(18)23-16/h13H,1-12H2,(H,22,23,27). The van der Waals surface area contributed by atoms with Crippen LogP contribution in [0.15, 0.2) is 4.79 Å². The predicted molar refractivity (Wildman–Crippen MR) is 119 cm³/mol. The van der Waals surface area contributed by atoms with Gasteiger partial charge in [0.05, 0.1) is 16.9 Å². The van der Waals surface area contributed by atoms with Crippen molar-refractivity contribution in [3.63, 3.8) is 0 Å². The fourth-order valence-electron chi connectivity index (χ4n) is 4.37. The largest absolute Gasteiger partial charge is 0.339 e. The second-order valence-corrected chi connectivity index (χ2v) is 10.4. The number of thioether (sulfide) groups is 1. The number of thiophene rings is 1. The van der Waals surface area contributed by atoms with Gasteiger partial charge in [-0.15, -0.1) is 23.1 Å². The fourth-order valence-corrected chi connectivity index (χ4v) is 6.44. The summed E-state index contributed by atoms with van der Waals surface area (Å²) < 4.78 is 0. The zero-order chi connectivity index (χ0) is 20.7. The van der Waals surface area contributed by atoms with E-state index in [2.05, 4.69) is 9.97 Å². The van der Waals surface area contributed by atoms with Gasteiger partial charge in [0.2, 0.25) is 11.8 Å². The predicted octanol–water partition coefficient (Wildman–Crippen LogP) is 2.18. The lowest BCUT2D eigenvalue weighted by atomic mass is 9.97. The van der Waals surface area contributed by atoms with Gasteiger partial charge in [0.1, 0.15) is 10.7 Å². The first-order chi connectivity index (χ1) is 14.6. The van der Waals surface area contributed by atoms with Crippen LogP contribution in [0, 0.1) is 5.92 Å². The minimum Gasteiger partial charge on any atom is -0.339 e. The number of aryl methyl sites for hydroxylation is 2. The van der Waals surface area contributed by atoms with Crippen molar-refractivity contribution in [3.8, 4) is 0 Å². The highest BCUT2D eigenvalue weighted by Gasteiger charge is 2.35. The van der Waals surface area contributed by atoms with Gasteiger partial charge in [0, 0.05) is 37.0 Å². The van der Waals surface area contributed by atoms with Crippen LogP contribution in [0.2, 0.25) is 0 Å². The molecule has 2 aromatic rings. The Labute approximate surface area is 183 Å². The van der Waals surface area contributed by atoms with E-state index >= 15 is 0 Å². The van der Waals surface area contributed by atoms with E-state index in [4.69, 9.17) is 0 Å². The van der Waals surface area contributed by atoms with E-state index in [1.807, 2.05) is 9.80 Å². The summed E-state index contributed by atoms with van der Waals surface area (Å²) in [6, 6.07) is 0. The minimum atomic E-state index is -0.0437. The third-order valence-electron chi connectivity index (χ3n) is 6.21. The van der Waals surface area contributed by atoms with Gasteiger partial charge < -0.3 is 14.8 Å². The van der Waals surface area contributed by atoms with E-state index in [0.29, 0.717) is 43.5 Å². The molecular formula is C21H26N4O3S2. The van der Waals surface area contributed by atoms with Crippen molar-refractivity contribution in [2.75, 3.05) is 31.9 Å². The zero-order valence-corrected chi connectivity index (χ0v) is 18.6. The first-order valence-corrected chi connectivity index (χ1v) is 12.7. The van der Waals surface area contributed by atoms with Crippen LogP contribution in [0.4, 0.5) is 0 Å². The number of H-pyrrole nitrogens is 1. The van der Waals surface area contributed by atoms with Crippen LogP contribution in [0.1, 0.15) is 41.9 Å². The van der Waals surface area contributed by atoms with Gasteiger partial charge >= 0.3 is 0 Å². The van der Waals surface area contributed by atoms with Gasteiger partial charge in [-0.3, -0.25) is 14.4 Å². The van der Waals surface area contributed by atoms with Crippen LogP contribution < -0.4 is 5.56 Å². The van der Waals surface area contributed by atoms with Crippen molar-refractivity contribution in [1.29, 1.82) is 0 Å². The highest BCUT2D eigenvalue weighted by molar-refractivity contribution is 7.99. The normalized spacial score (nSPS) is 19.2. The van der Waals surface area contributed by atoms with E-state index in [1.165, 1.54) is 28.6 Å². The molecule has 1 aliphatic heterocycles. The number of fused-ring (bicyclic) bond motifs is 3. The lowest BCUT2D eigenvalue weighted by Gasteiger charge is -2.34. The minimum absolute atomic E-state index is 0.0437. The van der Waals surface area contributed by atoms with Crippen LogP contribution in [0.25, 0.3) is 10.2 Å². The summed E-state index contributed by atoms with van der Waals surface area (Å²) in [7, 11) is 0. The number of amides is 2. The van der Waals surface area contributed by atoms with Crippen LogP contribution in [-0.4, -0.2) is 63.5 Å². The molecule has 0 unspecified atom stereocenters. The second kappa shape index (κ2) is 8.34. The average Bonchev–Trinajstić information content (AvgIpc) is 3.53. The van der Waals surface area contributed by atoms with Crippen LogP contribution in [0.5, 0.6) is 0 Å². The highest BCUT2D eigenvalue weighted by atomic mass is 32.2. The molecule has 2 aliphatic carbocycles. The van der Waals surface area contributed by atoms with Crippen molar-refractivity contribution in [3.05, 3.63) is 26.6 Å². The Morgan fingerprint density at radius 1 is 1.10 bits per heavy atom. The van der Waals surface area contributed by atoms with Gasteiger partial charge in [-0.25, -0.2) is 4.98 Å². The molecule has 0 atom stereocenters. The molecule has 9 heteroatoms. The van der Waals surface area contributed by atoms with Crippen molar-refractivity contribution in [2.45, 2.75) is 44.3 Å². The maximum atomic E-state index is 12.6. The Hall–Kier alpha value is -1.87. The molecule has 0 aromatic carbocycles. The Bertz CT molecular complexity index is 1030.